The summed E-state index contributed by atoms with van der Waals surface area (Å²) in [6.07, 6.45) is 2.68. The molecular weight excluding hydrogens is 280 g/mol. The van der Waals surface area contributed by atoms with E-state index in [1.807, 2.05) is 37.3 Å². The molecule has 1 heterocycles. The molecule has 2 N–H and O–H groups in total. The van der Waals surface area contributed by atoms with E-state index in [-0.39, 0.29) is 17.5 Å². The van der Waals surface area contributed by atoms with Crippen LogP contribution in [-0.2, 0) is 17.8 Å². The summed E-state index contributed by atoms with van der Waals surface area (Å²) in [5.41, 5.74) is 1.78. The number of aromatic nitrogens is 2. The number of hydrogen-bond donors (Lipinski definition) is 2. The maximum Gasteiger partial charge on any atom is 0.273 e. The van der Waals surface area contributed by atoms with Gasteiger partial charge in [-0.25, -0.2) is 0 Å². The number of amides is 2. The van der Waals surface area contributed by atoms with Crippen LogP contribution in [0.15, 0.2) is 36.5 Å². The number of anilines is 1. The quantitative estimate of drug-likeness (QED) is 0.854. The van der Waals surface area contributed by atoms with Gasteiger partial charge in [0.15, 0.2) is 5.69 Å². The van der Waals surface area contributed by atoms with Crippen LogP contribution in [0.4, 0.5) is 5.69 Å². The molecule has 0 saturated heterocycles. The Balaban J connectivity index is 2.01. The third kappa shape index (κ3) is 3.94. The topological polar surface area (TPSA) is 76.0 Å². The molecule has 0 fully saturated rings. The van der Waals surface area contributed by atoms with Gasteiger partial charge in [-0.2, -0.15) is 5.10 Å². The number of rotatable bonds is 6. The third-order valence-electron chi connectivity index (χ3n) is 3.29. The lowest BCUT2D eigenvalue weighted by atomic mass is 10.1. The summed E-state index contributed by atoms with van der Waals surface area (Å²) in [6, 6.07) is 9.81. The number of carbonyl (C=O) groups excluding carboxylic acids is 2. The predicted molar refractivity (Wildman–Crippen MR) is 84.7 cm³/mol. The molecule has 6 heteroatoms. The monoisotopic (exact) mass is 300 g/mol. The van der Waals surface area contributed by atoms with Crippen LogP contribution in [-0.4, -0.2) is 28.6 Å². The number of carbonyl (C=O) groups is 2. The largest absolute Gasteiger partial charge is 0.354 e. The molecule has 0 bridgehead atoms. The van der Waals surface area contributed by atoms with E-state index in [0.29, 0.717) is 25.1 Å². The molecule has 1 aromatic carbocycles. The van der Waals surface area contributed by atoms with E-state index in [0.717, 1.165) is 5.56 Å². The molecule has 2 rings (SSSR count). The maximum absolute atomic E-state index is 12.1. The van der Waals surface area contributed by atoms with Crippen LogP contribution in [0.2, 0.25) is 0 Å². The fourth-order valence-electron chi connectivity index (χ4n) is 2.08. The van der Waals surface area contributed by atoms with Crippen LogP contribution in [0.3, 0.4) is 0 Å². The first-order chi connectivity index (χ1) is 10.6. The molecule has 2 aromatic rings. The lowest BCUT2D eigenvalue weighted by Crippen LogP contribution is -2.21. The normalized spacial score (nSPS) is 10.3. The summed E-state index contributed by atoms with van der Waals surface area (Å²) < 4.78 is 1.62. The average molecular weight is 300 g/mol. The van der Waals surface area contributed by atoms with Gasteiger partial charge < -0.3 is 10.6 Å². The molecule has 116 valence electrons. The molecule has 0 aliphatic heterocycles. The van der Waals surface area contributed by atoms with Crippen molar-refractivity contribution in [2.45, 2.75) is 26.3 Å². The minimum absolute atomic E-state index is 0.135. The number of nitrogens with zero attached hydrogens (tertiary/aromatic N) is 2. The van der Waals surface area contributed by atoms with Gasteiger partial charge in [0.2, 0.25) is 5.91 Å². The standard InChI is InChI=1S/C16H20N4O2/c1-3-20-11-13(15(19-20)16(22)17-2)18-14(21)10-9-12-7-5-4-6-8-12/h4-8,11H,3,9-10H2,1-2H3,(H,17,22)(H,18,21). The van der Waals surface area contributed by atoms with Crippen LogP contribution in [0, 0.1) is 0 Å². The first-order valence-corrected chi connectivity index (χ1v) is 7.27. The number of hydrogen-bond acceptors (Lipinski definition) is 3. The average Bonchev–Trinajstić information content (AvgIpc) is 2.96. The van der Waals surface area contributed by atoms with Crippen molar-refractivity contribution in [2.24, 2.45) is 0 Å². The van der Waals surface area contributed by atoms with Crippen molar-refractivity contribution in [1.29, 1.82) is 0 Å². The van der Waals surface area contributed by atoms with E-state index in [1.54, 1.807) is 10.9 Å². The maximum atomic E-state index is 12.1. The zero-order valence-corrected chi connectivity index (χ0v) is 12.8. The van der Waals surface area contributed by atoms with E-state index >= 15 is 0 Å². The molecule has 0 aliphatic carbocycles. The van der Waals surface area contributed by atoms with Crippen molar-refractivity contribution in [3.8, 4) is 0 Å². The van der Waals surface area contributed by atoms with Crippen molar-refractivity contribution < 1.29 is 9.59 Å². The summed E-state index contributed by atoms with van der Waals surface area (Å²) in [7, 11) is 1.54. The first-order valence-electron chi connectivity index (χ1n) is 7.27. The van der Waals surface area contributed by atoms with Crippen molar-refractivity contribution in [2.75, 3.05) is 12.4 Å². The highest BCUT2D eigenvalue weighted by Gasteiger charge is 2.17. The second kappa shape index (κ2) is 7.40. The lowest BCUT2D eigenvalue weighted by Gasteiger charge is -2.05. The molecule has 2 amide bonds. The molecule has 0 saturated carbocycles. The molecule has 0 unspecified atom stereocenters. The number of aryl methyl sites for hydroxylation is 2. The molecular formula is C16H20N4O2. The van der Waals surface area contributed by atoms with Crippen molar-refractivity contribution >= 4 is 17.5 Å². The van der Waals surface area contributed by atoms with Gasteiger partial charge in [0.25, 0.3) is 5.91 Å². The van der Waals surface area contributed by atoms with E-state index < -0.39 is 0 Å². The van der Waals surface area contributed by atoms with Gasteiger partial charge in [0.1, 0.15) is 0 Å². The van der Waals surface area contributed by atoms with Gasteiger partial charge in [0.05, 0.1) is 5.69 Å². The Morgan fingerprint density at radius 1 is 1.23 bits per heavy atom. The Labute approximate surface area is 129 Å². The van der Waals surface area contributed by atoms with E-state index in [9.17, 15) is 9.59 Å². The Morgan fingerprint density at radius 2 is 1.95 bits per heavy atom. The Bertz CT molecular complexity index is 649. The lowest BCUT2D eigenvalue weighted by molar-refractivity contribution is -0.116. The fourth-order valence-corrected chi connectivity index (χ4v) is 2.08. The van der Waals surface area contributed by atoms with Crippen LogP contribution in [0.1, 0.15) is 29.4 Å². The number of nitrogens with one attached hydrogen (secondary N) is 2. The van der Waals surface area contributed by atoms with Gasteiger partial charge in [-0.05, 0) is 18.9 Å². The van der Waals surface area contributed by atoms with Crippen molar-refractivity contribution in [3.63, 3.8) is 0 Å². The smallest absolute Gasteiger partial charge is 0.273 e. The highest BCUT2D eigenvalue weighted by molar-refractivity contribution is 6.02. The summed E-state index contributed by atoms with van der Waals surface area (Å²) in [5.74, 6) is -0.449. The first kappa shape index (κ1) is 15.8. The van der Waals surface area contributed by atoms with Gasteiger partial charge in [-0.1, -0.05) is 30.3 Å². The Kier molecular flexibility index (Phi) is 5.30. The van der Waals surface area contributed by atoms with E-state index in [1.165, 1.54) is 7.05 Å². The van der Waals surface area contributed by atoms with E-state index in [4.69, 9.17) is 0 Å². The molecule has 0 spiro atoms. The minimum Gasteiger partial charge on any atom is -0.354 e. The summed E-state index contributed by atoms with van der Waals surface area (Å²) in [5, 5.41) is 9.45. The highest BCUT2D eigenvalue weighted by Crippen LogP contribution is 2.14. The zero-order valence-electron chi connectivity index (χ0n) is 12.8. The molecule has 6 nitrogen and oxygen atoms in total. The van der Waals surface area contributed by atoms with Crippen LogP contribution >= 0.6 is 0 Å². The summed E-state index contributed by atoms with van der Waals surface area (Å²) in [4.78, 5) is 23.9. The Hall–Kier alpha value is -2.63. The molecule has 0 radical (unpaired) electrons. The van der Waals surface area contributed by atoms with Gasteiger partial charge in [-0.15, -0.1) is 0 Å². The van der Waals surface area contributed by atoms with E-state index in [2.05, 4.69) is 15.7 Å². The minimum atomic E-state index is -0.314. The fraction of sp³-hybridized carbons (Fsp3) is 0.312. The molecule has 0 atom stereocenters. The van der Waals surface area contributed by atoms with Crippen LogP contribution in [0.5, 0.6) is 0 Å². The number of benzene rings is 1. The third-order valence-corrected chi connectivity index (χ3v) is 3.29. The molecule has 0 aliphatic rings. The highest BCUT2D eigenvalue weighted by atomic mass is 16.2. The second-order valence-corrected chi connectivity index (χ2v) is 4.86. The molecule has 22 heavy (non-hydrogen) atoms. The van der Waals surface area contributed by atoms with Crippen LogP contribution < -0.4 is 10.6 Å². The second-order valence-electron chi connectivity index (χ2n) is 4.86. The molecule has 1 aromatic heterocycles. The Morgan fingerprint density at radius 3 is 2.59 bits per heavy atom. The predicted octanol–water partition coefficient (Wildman–Crippen LogP) is 1.83. The van der Waals surface area contributed by atoms with Crippen molar-refractivity contribution in [1.82, 2.24) is 15.1 Å². The summed E-state index contributed by atoms with van der Waals surface area (Å²) >= 11 is 0. The zero-order chi connectivity index (χ0) is 15.9. The van der Waals surface area contributed by atoms with Gasteiger partial charge >= 0.3 is 0 Å². The summed E-state index contributed by atoms with van der Waals surface area (Å²) in [6.45, 7) is 2.55. The van der Waals surface area contributed by atoms with Gasteiger partial charge in [-0.3, -0.25) is 14.3 Å². The van der Waals surface area contributed by atoms with Gasteiger partial charge in [0, 0.05) is 26.2 Å². The van der Waals surface area contributed by atoms with Crippen molar-refractivity contribution in [3.05, 3.63) is 47.8 Å². The SMILES string of the molecule is CCn1cc(NC(=O)CCc2ccccc2)c(C(=O)NC)n1. The van der Waals surface area contributed by atoms with Crippen LogP contribution in [0.25, 0.3) is 0 Å².